The van der Waals surface area contributed by atoms with E-state index in [9.17, 15) is 0 Å². The summed E-state index contributed by atoms with van der Waals surface area (Å²) in [6, 6.07) is 7.03. The molecule has 3 atom stereocenters. The van der Waals surface area contributed by atoms with E-state index < -0.39 is 0 Å². The first-order valence-corrected chi connectivity index (χ1v) is 11.1. The zero-order valence-electron chi connectivity index (χ0n) is 19.6. The van der Waals surface area contributed by atoms with Gasteiger partial charge in [0.15, 0.2) is 5.96 Å². The molecule has 7 nitrogen and oxygen atoms in total. The van der Waals surface area contributed by atoms with Gasteiger partial charge in [-0.3, -0.25) is 9.89 Å². The van der Waals surface area contributed by atoms with Gasteiger partial charge in [-0.15, -0.1) is 24.0 Å². The van der Waals surface area contributed by atoms with Crippen LogP contribution in [-0.2, 0) is 4.74 Å². The van der Waals surface area contributed by atoms with Gasteiger partial charge in [0.1, 0.15) is 11.5 Å². The van der Waals surface area contributed by atoms with E-state index in [1.54, 1.807) is 14.2 Å². The largest absolute Gasteiger partial charge is 0.497 e. The van der Waals surface area contributed by atoms with Crippen molar-refractivity contribution in [3.8, 4) is 11.5 Å². The summed E-state index contributed by atoms with van der Waals surface area (Å²) in [5, 5.41) is 3.49. The van der Waals surface area contributed by atoms with Gasteiger partial charge in [0.25, 0.3) is 0 Å². The number of ether oxygens (including phenoxy) is 3. The van der Waals surface area contributed by atoms with Crippen LogP contribution in [0.15, 0.2) is 23.2 Å². The van der Waals surface area contributed by atoms with Crippen LogP contribution < -0.4 is 14.8 Å². The quantitative estimate of drug-likeness (QED) is 0.322. The monoisotopic (exact) mass is 546 g/mol. The minimum Gasteiger partial charge on any atom is -0.497 e. The first-order chi connectivity index (χ1) is 14.5. The van der Waals surface area contributed by atoms with Gasteiger partial charge in [0.05, 0.1) is 34.0 Å². The second-order valence-electron chi connectivity index (χ2n) is 8.28. The molecule has 2 heterocycles. The Balaban J connectivity index is 0.00000341. The standard InChI is InChI=1S/C23H38N4O3.HI/c1-6-24-23(25-14-17(2)27-9-10-30-16-18(27)3)26-8-7-19(15-26)20-11-21(28-4)13-22(12-20)29-5;/h11-13,17-19H,6-10,14-16H2,1-5H3,(H,24,25);1H. The summed E-state index contributed by atoms with van der Waals surface area (Å²) >= 11 is 0. The molecular formula is C23H39IN4O3. The summed E-state index contributed by atoms with van der Waals surface area (Å²) in [5.74, 6) is 3.14. The van der Waals surface area contributed by atoms with E-state index in [-0.39, 0.29) is 24.0 Å². The van der Waals surface area contributed by atoms with E-state index in [0.29, 0.717) is 18.0 Å². The maximum Gasteiger partial charge on any atom is 0.193 e. The van der Waals surface area contributed by atoms with Crippen molar-refractivity contribution in [1.82, 2.24) is 15.1 Å². The normalized spacial score (nSPS) is 23.3. The van der Waals surface area contributed by atoms with Gasteiger partial charge < -0.3 is 24.4 Å². The molecule has 1 aromatic rings. The molecule has 0 aliphatic carbocycles. The Morgan fingerprint density at radius 1 is 1.23 bits per heavy atom. The van der Waals surface area contributed by atoms with E-state index in [0.717, 1.165) is 69.8 Å². The Kier molecular flexibility index (Phi) is 10.6. The molecule has 1 N–H and O–H groups in total. The van der Waals surface area contributed by atoms with Gasteiger partial charge in [-0.05, 0) is 44.9 Å². The first-order valence-electron chi connectivity index (χ1n) is 11.1. The summed E-state index contributed by atoms with van der Waals surface area (Å²) in [4.78, 5) is 9.89. The van der Waals surface area contributed by atoms with Crippen LogP contribution in [0.4, 0.5) is 0 Å². The maximum absolute atomic E-state index is 5.58. The highest BCUT2D eigenvalue weighted by Gasteiger charge is 2.28. The Morgan fingerprint density at radius 3 is 2.55 bits per heavy atom. The van der Waals surface area contributed by atoms with E-state index in [1.807, 2.05) is 6.07 Å². The van der Waals surface area contributed by atoms with Gasteiger partial charge in [-0.1, -0.05) is 0 Å². The third kappa shape index (κ3) is 6.86. The summed E-state index contributed by atoms with van der Waals surface area (Å²) < 4.78 is 16.5. The predicted octanol–water partition coefficient (Wildman–Crippen LogP) is 3.19. The van der Waals surface area contributed by atoms with Crippen LogP contribution >= 0.6 is 24.0 Å². The molecule has 2 aliphatic heterocycles. The highest BCUT2D eigenvalue weighted by atomic mass is 127. The van der Waals surface area contributed by atoms with Crippen molar-refractivity contribution in [2.24, 2.45) is 4.99 Å². The average molecular weight is 546 g/mol. The lowest BCUT2D eigenvalue weighted by Crippen LogP contribution is -2.49. The summed E-state index contributed by atoms with van der Waals surface area (Å²) in [7, 11) is 3.40. The average Bonchev–Trinajstić information content (AvgIpc) is 3.26. The zero-order valence-corrected chi connectivity index (χ0v) is 21.9. The number of halogens is 1. The number of nitrogens with zero attached hydrogens (tertiary/aromatic N) is 3. The van der Waals surface area contributed by atoms with Crippen LogP contribution in [0, 0.1) is 0 Å². The van der Waals surface area contributed by atoms with Crippen molar-refractivity contribution in [2.45, 2.75) is 45.2 Å². The number of guanidine groups is 1. The molecule has 0 saturated carbocycles. The number of methoxy groups -OCH3 is 2. The smallest absolute Gasteiger partial charge is 0.193 e. The Morgan fingerprint density at radius 2 is 1.94 bits per heavy atom. The SMILES string of the molecule is CCNC(=NCC(C)N1CCOCC1C)N1CCC(c2cc(OC)cc(OC)c2)C1.I. The molecule has 2 fully saturated rings. The fourth-order valence-corrected chi connectivity index (χ4v) is 4.43. The van der Waals surface area contributed by atoms with Crippen molar-refractivity contribution in [3.05, 3.63) is 23.8 Å². The van der Waals surface area contributed by atoms with Crippen LogP contribution in [0.5, 0.6) is 11.5 Å². The van der Waals surface area contributed by atoms with Crippen LogP contribution in [-0.4, -0.2) is 88.0 Å². The summed E-state index contributed by atoms with van der Waals surface area (Å²) in [5.41, 5.74) is 1.26. The number of likely N-dealkylation sites (tertiary alicyclic amines) is 1. The molecule has 2 aliphatic rings. The number of morpholine rings is 1. The number of benzene rings is 1. The molecule has 3 unspecified atom stereocenters. The molecule has 0 amide bonds. The lowest BCUT2D eigenvalue weighted by Gasteiger charge is -2.37. The molecule has 0 aromatic heterocycles. The third-order valence-corrected chi connectivity index (χ3v) is 6.16. The zero-order chi connectivity index (χ0) is 21.5. The van der Waals surface area contributed by atoms with Gasteiger partial charge >= 0.3 is 0 Å². The van der Waals surface area contributed by atoms with Gasteiger partial charge in [0.2, 0.25) is 0 Å². The molecule has 3 rings (SSSR count). The minimum atomic E-state index is 0. The van der Waals surface area contributed by atoms with Crippen molar-refractivity contribution >= 4 is 29.9 Å². The fraction of sp³-hybridized carbons (Fsp3) is 0.696. The highest BCUT2D eigenvalue weighted by Crippen LogP contribution is 2.33. The number of hydrogen-bond donors (Lipinski definition) is 1. The topological polar surface area (TPSA) is 58.6 Å². The van der Waals surface area contributed by atoms with Crippen LogP contribution in [0.25, 0.3) is 0 Å². The van der Waals surface area contributed by atoms with Gasteiger partial charge in [-0.2, -0.15) is 0 Å². The second kappa shape index (κ2) is 12.7. The molecule has 0 spiro atoms. The predicted molar refractivity (Wildman–Crippen MR) is 136 cm³/mol. The molecule has 2 saturated heterocycles. The van der Waals surface area contributed by atoms with Crippen LogP contribution in [0.1, 0.15) is 38.7 Å². The maximum atomic E-state index is 5.58. The number of nitrogens with one attached hydrogen (secondary N) is 1. The van der Waals surface area contributed by atoms with E-state index in [4.69, 9.17) is 19.2 Å². The van der Waals surface area contributed by atoms with E-state index in [1.165, 1.54) is 5.56 Å². The molecular weight excluding hydrogens is 507 g/mol. The van der Waals surface area contributed by atoms with Gasteiger partial charge in [0, 0.05) is 50.2 Å². The number of aliphatic imine (C=N–C) groups is 1. The van der Waals surface area contributed by atoms with E-state index in [2.05, 4.69) is 48.0 Å². The van der Waals surface area contributed by atoms with Crippen LogP contribution in [0.3, 0.4) is 0 Å². The number of rotatable bonds is 7. The van der Waals surface area contributed by atoms with Crippen molar-refractivity contribution in [3.63, 3.8) is 0 Å². The minimum absolute atomic E-state index is 0. The van der Waals surface area contributed by atoms with Crippen molar-refractivity contribution in [1.29, 1.82) is 0 Å². The van der Waals surface area contributed by atoms with Gasteiger partial charge in [-0.25, -0.2) is 0 Å². The lowest BCUT2D eigenvalue weighted by molar-refractivity contribution is -0.0166. The molecule has 176 valence electrons. The molecule has 1 aromatic carbocycles. The molecule has 8 heteroatoms. The second-order valence-corrected chi connectivity index (χ2v) is 8.28. The lowest BCUT2D eigenvalue weighted by atomic mass is 9.98. The fourth-order valence-electron chi connectivity index (χ4n) is 4.43. The van der Waals surface area contributed by atoms with E-state index >= 15 is 0 Å². The first kappa shape index (κ1) is 26.0. The summed E-state index contributed by atoms with van der Waals surface area (Å²) in [6.45, 7) is 12.9. The summed E-state index contributed by atoms with van der Waals surface area (Å²) in [6.07, 6.45) is 1.09. The number of hydrogen-bond acceptors (Lipinski definition) is 5. The Hall–Kier alpha value is -1.26. The van der Waals surface area contributed by atoms with Crippen molar-refractivity contribution in [2.75, 3.05) is 60.2 Å². The van der Waals surface area contributed by atoms with Crippen molar-refractivity contribution < 1.29 is 14.2 Å². The highest BCUT2D eigenvalue weighted by molar-refractivity contribution is 14.0. The third-order valence-electron chi connectivity index (χ3n) is 6.16. The molecule has 0 bridgehead atoms. The molecule has 0 radical (unpaired) electrons. The Labute approximate surface area is 204 Å². The van der Waals surface area contributed by atoms with Crippen LogP contribution in [0.2, 0.25) is 0 Å². The Bertz CT molecular complexity index is 696. The molecule has 31 heavy (non-hydrogen) atoms.